The van der Waals surface area contributed by atoms with E-state index in [0.29, 0.717) is 0 Å². The Morgan fingerprint density at radius 1 is 1.43 bits per heavy atom. The molecule has 0 aliphatic heterocycles. The van der Waals surface area contributed by atoms with Gasteiger partial charge in [0.1, 0.15) is 0 Å². The fourth-order valence-corrected chi connectivity index (χ4v) is 0. The van der Waals surface area contributed by atoms with Gasteiger partial charge in [-0.25, -0.2) is 0 Å². The molecule has 0 aliphatic rings. The predicted molar refractivity (Wildman–Crippen MR) is 0 cm³/mol. The van der Waals surface area contributed by atoms with Crippen LogP contribution in [0.25, 0.3) is 0 Å². The van der Waals surface area contributed by atoms with Crippen molar-refractivity contribution in [3.8, 4) is 0 Å². The summed E-state index contributed by atoms with van der Waals surface area (Å²) >= 11 is 5.78. The van der Waals surface area contributed by atoms with Crippen molar-refractivity contribution in [3.63, 3.8) is 0 Å². The van der Waals surface area contributed by atoms with Gasteiger partial charge in [-0.3, -0.25) is 0 Å². The summed E-state index contributed by atoms with van der Waals surface area (Å²) in [5, 5.41) is 0. The molecule has 0 amide bonds. The zero-order valence-electron chi connectivity index (χ0n) is 2.71. The van der Waals surface area contributed by atoms with Crippen molar-refractivity contribution in [2.45, 2.75) is 0 Å². The Morgan fingerprint density at radius 3 is 1.43 bits per heavy atom. The van der Waals surface area contributed by atoms with E-state index in [1.165, 1.54) is 0 Å². The van der Waals surface area contributed by atoms with Gasteiger partial charge in [0.2, 0.25) is 0 Å². The summed E-state index contributed by atoms with van der Waals surface area (Å²) in [5.41, 5.74) is 0. The summed E-state index contributed by atoms with van der Waals surface area (Å²) in [5.74, 6) is 0. The molecule has 0 aromatic heterocycles. The first-order chi connectivity index (χ1) is 1.41. The summed E-state index contributed by atoms with van der Waals surface area (Å²) in [4.78, 5) is 0. The van der Waals surface area contributed by atoms with Gasteiger partial charge >= 0.3 is 45.3 Å². The van der Waals surface area contributed by atoms with E-state index in [2.05, 4.69) is 27.9 Å². The average Bonchev–Trinajstić information content (AvgIpc) is 0.918. The Morgan fingerprint density at radius 2 is 1.43 bits per heavy atom. The molecule has 0 unspecified atom stereocenters. The fraction of sp³-hybridized carbons (Fsp3) is 0. The van der Waals surface area contributed by atoms with E-state index in [1.54, 1.807) is 0 Å². The maximum absolute atomic E-state index is 3.66. The van der Waals surface area contributed by atoms with E-state index in [0.717, 1.165) is 0 Å². The van der Waals surface area contributed by atoms with Gasteiger partial charge in [0.15, 0.2) is 0 Å². The molecule has 0 aromatic carbocycles. The van der Waals surface area contributed by atoms with E-state index in [-0.39, 0.29) is 89.5 Å². The molecule has 0 bridgehead atoms. The first-order valence-electron chi connectivity index (χ1n) is 0.381. The Kier molecular flexibility index (Phi) is 137. The molecule has 0 saturated carbocycles. The summed E-state index contributed by atoms with van der Waals surface area (Å²) in [7, 11) is 0. The largest absolute Gasteiger partial charge is 0 e. The van der Waals surface area contributed by atoms with Gasteiger partial charge in [0.05, 0.1) is 0 Å². The van der Waals surface area contributed by atoms with Crippen LogP contribution in [0.5, 0.6) is 0 Å². The second kappa shape index (κ2) is 31.7. The Balaban J connectivity index is -0.00000000333. The van der Waals surface area contributed by atoms with Crippen LogP contribution in [0.2, 0.25) is 0 Å². The zero-order valence-corrected chi connectivity index (χ0v) is 12.8. The molecule has 0 saturated heterocycles. The number of rotatable bonds is 0. The number of hydrogen-bond donors (Lipinski definition) is 0. The topological polar surface area (TPSA) is 0 Å². The van der Waals surface area contributed by atoms with Crippen LogP contribution in [0, 0.1) is 0 Å². The maximum Gasteiger partial charge on any atom is 0 e. The monoisotopic (exact) mass is 471 g/mol. The van der Waals surface area contributed by atoms with Crippen LogP contribution >= 0.6 is 0 Å². The second-order valence-corrected chi connectivity index (χ2v) is 10.4. The Labute approximate surface area is 115 Å². The summed E-state index contributed by atoms with van der Waals surface area (Å²) < 4.78 is 0. The molecule has 52 valence electrons. The van der Waals surface area contributed by atoms with Gasteiger partial charge in [-0.2, -0.15) is 0 Å². The average molecular weight is 472 g/mol. The van der Waals surface area contributed by atoms with Gasteiger partial charge in [-0.15, -0.1) is 0 Å². The van der Waals surface area contributed by atoms with Crippen LogP contribution < -0.4 is 0 Å². The molecule has 2 radical (unpaired) electrons. The van der Waals surface area contributed by atoms with Crippen molar-refractivity contribution in [3.05, 3.63) is 0 Å². The summed E-state index contributed by atoms with van der Waals surface area (Å²) in [6.07, 6.45) is 0. The van der Waals surface area contributed by atoms with Crippen LogP contribution in [0.15, 0.2) is 0 Å². The molecule has 0 aromatic rings. The minimum absolute atomic E-state index is 0. The number of hydrogen-bond acceptors (Lipinski definition) is 0. The summed E-state index contributed by atoms with van der Waals surface area (Å²) in [6.45, 7) is 0. The van der Waals surface area contributed by atoms with Gasteiger partial charge in [0, 0.05) is 72.1 Å². The Bertz CT molecular complexity index is 19.7. The first-order valence-corrected chi connectivity index (χ1v) is 11.5. The predicted octanol–water partition coefficient (Wildman–Crippen LogP) is -0.0175. The van der Waals surface area contributed by atoms with E-state index in [9.17, 15) is 0 Å². The van der Waals surface area contributed by atoms with Crippen molar-refractivity contribution < 1.29 is 117 Å². The standard InChI is InChI=1S/Co.Cu.Fe.Mo.Ni.Ti.Zr. The molecule has 0 heterocycles. The molecular formula is CoCuFeMoNiTiZr. The smallest absolute Gasteiger partial charge is 0 e. The van der Waals surface area contributed by atoms with Crippen LogP contribution in [0.1, 0.15) is 0 Å². The van der Waals surface area contributed by atoms with Crippen LogP contribution in [0.3, 0.4) is 0 Å². The molecule has 0 spiro atoms. The van der Waals surface area contributed by atoms with E-state index < -0.39 is 0 Å². The van der Waals surface area contributed by atoms with Crippen molar-refractivity contribution in [2.75, 3.05) is 0 Å². The minimum atomic E-state index is -0.01000. The van der Waals surface area contributed by atoms with Crippen molar-refractivity contribution in [1.82, 2.24) is 0 Å². The zero-order chi connectivity index (χ0) is 2.71. The van der Waals surface area contributed by atoms with Crippen molar-refractivity contribution in [2.24, 2.45) is 0 Å². The third-order valence-electron chi connectivity index (χ3n) is 0. The molecule has 7 heteroatoms. The van der Waals surface area contributed by atoms with Gasteiger partial charge in [-0.05, 0) is 0 Å². The van der Waals surface area contributed by atoms with Crippen LogP contribution in [0.4, 0.5) is 0 Å². The van der Waals surface area contributed by atoms with Crippen molar-refractivity contribution in [1.29, 1.82) is 0 Å². The normalized spacial score (nSPS) is 1.86. The van der Waals surface area contributed by atoms with Gasteiger partial charge in [-0.1, -0.05) is 0 Å². The van der Waals surface area contributed by atoms with Crippen LogP contribution in [-0.2, 0) is 117 Å². The first kappa shape index (κ1) is 30.2. The van der Waals surface area contributed by atoms with Gasteiger partial charge < -0.3 is 0 Å². The molecular weight excluding hydrogens is 472 g/mol. The molecule has 0 rings (SSSR count). The summed E-state index contributed by atoms with van der Waals surface area (Å²) in [6, 6.07) is 0. The molecule has 0 aliphatic carbocycles. The minimum Gasteiger partial charge on any atom is 0 e. The Hall–Kier alpha value is 4.32. The third kappa shape index (κ3) is 38.3. The fourth-order valence-electron chi connectivity index (χ4n) is 0. The molecule has 0 nitrogen and oxygen atoms in total. The maximum atomic E-state index is 3.66. The molecule has 0 fully saturated rings. The second-order valence-electron chi connectivity index (χ2n) is 0.0722. The molecule has 0 N–H and O–H groups in total. The quantitative estimate of drug-likeness (QED) is 0.436. The van der Waals surface area contributed by atoms with Crippen LogP contribution in [-0.4, -0.2) is 0 Å². The van der Waals surface area contributed by atoms with Gasteiger partial charge in [0.25, 0.3) is 0 Å². The molecule has 0 atom stereocenters. The van der Waals surface area contributed by atoms with E-state index in [1.807, 2.05) is 0 Å². The van der Waals surface area contributed by atoms with E-state index in [4.69, 9.17) is 0 Å². The SMILES string of the molecule is [Co].[Cu].[Fe][Zr][Mo].[Ni].[Ti]. The van der Waals surface area contributed by atoms with E-state index >= 15 is 0 Å². The van der Waals surface area contributed by atoms with Crippen molar-refractivity contribution >= 4 is 0 Å². The molecule has 7 heavy (non-hydrogen) atoms. The third-order valence-corrected chi connectivity index (χ3v) is 0.